The lowest BCUT2D eigenvalue weighted by Gasteiger charge is -2.03. The molecule has 0 atom stereocenters. The van der Waals surface area contributed by atoms with E-state index in [1.165, 1.54) is 0 Å². The van der Waals surface area contributed by atoms with Crippen LogP contribution >= 0.6 is 23.2 Å². The molecule has 0 amide bonds. The van der Waals surface area contributed by atoms with Gasteiger partial charge in [-0.2, -0.15) is 0 Å². The molecule has 12 heavy (non-hydrogen) atoms. The smallest absolute Gasteiger partial charge is 0.339 e. The van der Waals surface area contributed by atoms with E-state index in [1.54, 1.807) is 0 Å². The predicted molar refractivity (Wildman–Crippen MR) is 50.5 cm³/mol. The van der Waals surface area contributed by atoms with Gasteiger partial charge in [-0.25, -0.2) is 4.79 Å². The van der Waals surface area contributed by atoms with E-state index in [1.807, 2.05) is 6.08 Å². The Balaban J connectivity index is 3.19. The highest BCUT2D eigenvalue weighted by atomic mass is 35.5. The number of halogens is 2. The Kier molecular flexibility index (Phi) is 7.31. The molecule has 0 unspecified atom stereocenters. The Bertz CT molecular complexity index is 146. The van der Waals surface area contributed by atoms with Crippen molar-refractivity contribution in [2.45, 2.75) is 24.1 Å². The molecule has 0 heterocycles. The maximum absolute atomic E-state index is 10.7. The van der Waals surface area contributed by atoms with Crippen molar-refractivity contribution in [1.29, 1.82) is 0 Å². The quantitative estimate of drug-likeness (QED) is 0.292. The number of carbonyl (C=O) groups is 1. The van der Waals surface area contributed by atoms with Gasteiger partial charge >= 0.3 is 5.97 Å². The molecule has 0 bridgehead atoms. The van der Waals surface area contributed by atoms with Crippen LogP contribution in [0, 0.1) is 0 Å². The van der Waals surface area contributed by atoms with Crippen molar-refractivity contribution >= 4 is 29.2 Å². The fraction of sp³-hybridized carbons (Fsp3) is 0.625. The van der Waals surface area contributed by atoms with Crippen LogP contribution < -0.4 is 0 Å². The van der Waals surface area contributed by atoms with Crippen molar-refractivity contribution in [3.8, 4) is 0 Å². The third-order valence-corrected chi connectivity index (χ3v) is 1.58. The third kappa shape index (κ3) is 6.50. The van der Waals surface area contributed by atoms with Crippen molar-refractivity contribution in [2.24, 2.45) is 0 Å². The summed E-state index contributed by atoms with van der Waals surface area (Å²) >= 11 is 10.5. The maximum atomic E-state index is 10.7. The highest BCUT2D eigenvalue weighted by Crippen LogP contribution is 2.04. The Hall–Kier alpha value is -0.210. The lowest BCUT2D eigenvalue weighted by atomic mass is 10.2. The second-order valence-electron chi connectivity index (χ2n) is 2.25. The zero-order valence-electron chi connectivity index (χ0n) is 6.76. The van der Waals surface area contributed by atoms with E-state index in [4.69, 9.17) is 27.9 Å². The summed E-state index contributed by atoms with van der Waals surface area (Å²) in [5, 5.41) is 0. The van der Waals surface area contributed by atoms with Crippen molar-refractivity contribution in [3.05, 3.63) is 12.7 Å². The van der Waals surface area contributed by atoms with Gasteiger partial charge in [-0.1, -0.05) is 29.3 Å². The minimum absolute atomic E-state index is 0.378. The highest BCUT2D eigenvalue weighted by Gasteiger charge is 2.11. The van der Waals surface area contributed by atoms with Crippen LogP contribution in [0.25, 0.3) is 0 Å². The molecule has 0 rings (SSSR count). The van der Waals surface area contributed by atoms with E-state index in [-0.39, 0.29) is 0 Å². The number of carbonyl (C=O) groups excluding carboxylic acids is 1. The minimum atomic E-state index is -1.07. The highest BCUT2D eigenvalue weighted by molar-refractivity contribution is 6.52. The maximum Gasteiger partial charge on any atom is 0.339 e. The summed E-state index contributed by atoms with van der Waals surface area (Å²) in [5.74, 6) is -0.572. The molecule has 0 aliphatic rings. The molecule has 0 aliphatic carbocycles. The molecular formula is C8H12Cl2O2. The molecule has 0 radical (unpaired) electrons. The van der Waals surface area contributed by atoms with Crippen LogP contribution in [0.5, 0.6) is 0 Å². The van der Waals surface area contributed by atoms with Crippen molar-refractivity contribution in [1.82, 2.24) is 0 Å². The monoisotopic (exact) mass is 210 g/mol. The number of unbranched alkanes of at least 4 members (excludes halogenated alkanes) is 2. The summed E-state index contributed by atoms with van der Waals surface area (Å²) < 4.78 is 4.71. The first kappa shape index (κ1) is 11.8. The standard InChI is InChI=1S/C8H12Cl2O2/c1-2-3-4-5-6-12-8(11)7(9)10/h2,7H,1,3-6H2. The van der Waals surface area contributed by atoms with E-state index in [0.29, 0.717) is 6.61 Å². The van der Waals surface area contributed by atoms with Crippen molar-refractivity contribution in [3.63, 3.8) is 0 Å². The third-order valence-electron chi connectivity index (χ3n) is 1.23. The molecule has 70 valence electrons. The number of hydrogen-bond donors (Lipinski definition) is 0. The van der Waals surface area contributed by atoms with E-state index in [0.717, 1.165) is 19.3 Å². The van der Waals surface area contributed by atoms with E-state index >= 15 is 0 Å². The van der Waals surface area contributed by atoms with Gasteiger partial charge in [-0.3, -0.25) is 0 Å². The fourth-order valence-corrected chi connectivity index (χ4v) is 0.752. The molecule has 0 saturated heterocycles. The van der Waals surface area contributed by atoms with Gasteiger partial charge in [0.05, 0.1) is 6.61 Å². The number of rotatable bonds is 6. The average Bonchev–Trinajstić information content (AvgIpc) is 2.03. The van der Waals surface area contributed by atoms with Gasteiger partial charge in [0.2, 0.25) is 4.84 Å². The second-order valence-corrected chi connectivity index (χ2v) is 3.35. The first-order valence-corrected chi connectivity index (χ1v) is 4.61. The number of alkyl halides is 2. The van der Waals surface area contributed by atoms with Crippen LogP contribution in [0.15, 0.2) is 12.7 Å². The van der Waals surface area contributed by atoms with Gasteiger partial charge in [0.15, 0.2) is 0 Å². The lowest BCUT2D eigenvalue weighted by Crippen LogP contribution is -2.12. The molecule has 0 fully saturated rings. The lowest BCUT2D eigenvalue weighted by molar-refractivity contribution is -0.141. The van der Waals surface area contributed by atoms with E-state index < -0.39 is 10.8 Å². The number of esters is 1. The summed E-state index contributed by atoms with van der Waals surface area (Å²) in [6.07, 6.45) is 4.54. The molecule has 0 spiro atoms. The zero-order chi connectivity index (χ0) is 9.40. The first-order chi connectivity index (χ1) is 5.68. The molecule has 0 aromatic rings. The van der Waals surface area contributed by atoms with Crippen LogP contribution in [-0.2, 0) is 9.53 Å². The summed E-state index contributed by atoms with van der Waals surface area (Å²) in [6, 6.07) is 0. The number of ether oxygens (including phenoxy) is 1. The van der Waals surface area contributed by atoms with Gasteiger partial charge in [0.1, 0.15) is 0 Å². The number of allylic oxidation sites excluding steroid dienone is 1. The molecule has 0 aromatic carbocycles. The predicted octanol–water partition coefficient (Wildman–Crippen LogP) is 2.69. The van der Waals surface area contributed by atoms with Gasteiger partial charge in [0.25, 0.3) is 0 Å². The van der Waals surface area contributed by atoms with E-state index in [2.05, 4.69) is 6.58 Å². The summed E-state index contributed by atoms with van der Waals surface area (Å²) in [5.41, 5.74) is 0. The van der Waals surface area contributed by atoms with Gasteiger partial charge in [-0.15, -0.1) is 6.58 Å². The number of hydrogen-bond acceptors (Lipinski definition) is 2. The van der Waals surface area contributed by atoms with Crippen LogP contribution in [0.1, 0.15) is 19.3 Å². The zero-order valence-corrected chi connectivity index (χ0v) is 8.27. The van der Waals surface area contributed by atoms with Crippen LogP contribution in [0.4, 0.5) is 0 Å². The Morgan fingerprint density at radius 3 is 2.67 bits per heavy atom. The Morgan fingerprint density at radius 1 is 1.50 bits per heavy atom. The van der Waals surface area contributed by atoms with Crippen molar-refractivity contribution in [2.75, 3.05) is 6.61 Å². The topological polar surface area (TPSA) is 26.3 Å². The normalized spacial score (nSPS) is 9.92. The summed E-state index contributed by atoms with van der Waals surface area (Å²) in [6.45, 7) is 3.95. The minimum Gasteiger partial charge on any atom is -0.464 e. The van der Waals surface area contributed by atoms with Gasteiger partial charge < -0.3 is 4.74 Å². The molecular weight excluding hydrogens is 199 g/mol. The van der Waals surface area contributed by atoms with Gasteiger partial charge in [-0.05, 0) is 19.3 Å². The van der Waals surface area contributed by atoms with Crippen LogP contribution in [-0.4, -0.2) is 17.4 Å². The summed E-state index contributed by atoms with van der Waals surface area (Å²) in [7, 11) is 0. The SMILES string of the molecule is C=CCCCCOC(=O)C(Cl)Cl. The molecule has 0 N–H and O–H groups in total. The second kappa shape index (κ2) is 7.44. The summed E-state index contributed by atoms with van der Waals surface area (Å²) in [4.78, 5) is 9.60. The molecule has 4 heteroatoms. The first-order valence-electron chi connectivity index (χ1n) is 3.74. The van der Waals surface area contributed by atoms with Gasteiger partial charge in [0, 0.05) is 0 Å². The Morgan fingerprint density at radius 2 is 2.17 bits per heavy atom. The Labute approximate surface area is 82.5 Å². The molecule has 0 aromatic heterocycles. The molecule has 2 nitrogen and oxygen atoms in total. The van der Waals surface area contributed by atoms with Crippen molar-refractivity contribution < 1.29 is 9.53 Å². The van der Waals surface area contributed by atoms with E-state index in [9.17, 15) is 4.79 Å². The van der Waals surface area contributed by atoms with Crippen LogP contribution in [0.3, 0.4) is 0 Å². The fourth-order valence-electron chi connectivity index (χ4n) is 0.626. The van der Waals surface area contributed by atoms with Crippen LogP contribution in [0.2, 0.25) is 0 Å². The largest absolute Gasteiger partial charge is 0.464 e. The molecule has 0 saturated carbocycles. The average molecular weight is 211 g/mol. The molecule has 0 aliphatic heterocycles.